The minimum absolute atomic E-state index is 0.127. The first-order valence-corrected chi connectivity index (χ1v) is 7.65. The van der Waals surface area contributed by atoms with Crippen LogP contribution >= 0.6 is 0 Å². The summed E-state index contributed by atoms with van der Waals surface area (Å²) in [6, 6.07) is 14.8. The van der Waals surface area contributed by atoms with Crippen molar-refractivity contribution >= 4 is 11.8 Å². The highest BCUT2D eigenvalue weighted by atomic mass is 19.1. The zero-order chi connectivity index (χ0) is 17.8. The zero-order valence-electron chi connectivity index (χ0n) is 13.5. The Morgan fingerprint density at radius 1 is 0.920 bits per heavy atom. The van der Waals surface area contributed by atoms with Crippen molar-refractivity contribution in [3.05, 3.63) is 89.5 Å². The highest BCUT2D eigenvalue weighted by molar-refractivity contribution is 6.01. The summed E-state index contributed by atoms with van der Waals surface area (Å²) in [6.45, 7) is 1.61. The summed E-state index contributed by atoms with van der Waals surface area (Å²) in [5.74, 6) is -1.53. The van der Waals surface area contributed by atoms with Crippen molar-refractivity contribution < 1.29 is 14.0 Å². The number of hydrogen-bond donors (Lipinski definition) is 2. The fourth-order valence-electron chi connectivity index (χ4n) is 2.37. The third-order valence-electron chi connectivity index (χ3n) is 3.75. The molecule has 6 heteroatoms. The van der Waals surface area contributed by atoms with Crippen LogP contribution in [-0.4, -0.2) is 16.4 Å². The predicted molar refractivity (Wildman–Crippen MR) is 91.8 cm³/mol. The molecule has 126 valence electrons. The summed E-state index contributed by atoms with van der Waals surface area (Å²) >= 11 is 0. The summed E-state index contributed by atoms with van der Waals surface area (Å²) in [6.07, 6.45) is 3.64. The number of carbonyl (C=O) groups is 2. The van der Waals surface area contributed by atoms with Gasteiger partial charge in [0.15, 0.2) is 0 Å². The topological polar surface area (TPSA) is 63.1 Å². The van der Waals surface area contributed by atoms with Crippen molar-refractivity contribution in [2.75, 3.05) is 0 Å². The molecule has 0 bridgehead atoms. The van der Waals surface area contributed by atoms with Gasteiger partial charge in [0.05, 0.1) is 11.3 Å². The number of carbonyl (C=O) groups excluding carboxylic acids is 2. The van der Waals surface area contributed by atoms with Crippen LogP contribution in [0.15, 0.2) is 67.0 Å². The molecule has 0 saturated heterocycles. The van der Waals surface area contributed by atoms with Crippen molar-refractivity contribution in [2.45, 2.75) is 6.92 Å². The second kappa shape index (κ2) is 7.00. The van der Waals surface area contributed by atoms with Crippen LogP contribution in [0.25, 0.3) is 5.69 Å². The number of aryl methyl sites for hydroxylation is 1. The van der Waals surface area contributed by atoms with Gasteiger partial charge in [-0.05, 0) is 48.9 Å². The molecule has 0 saturated carbocycles. The van der Waals surface area contributed by atoms with Crippen molar-refractivity contribution in [1.82, 2.24) is 15.4 Å². The molecular weight excluding hydrogens is 321 g/mol. The van der Waals surface area contributed by atoms with Crippen LogP contribution < -0.4 is 10.9 Å². The summed E-state index contributed by atoms with van der Waals surface area (Å²) in [5, 5.41) is 0. The van der Waals surface area contributed by atoms with Crippen LogP contribution in [0.4, 0.5) is 4.39 Å². The number of para-hydroxylation sites is 1. The normalized spacial score (nSPS) is 10.3. The van der Waals surface area contributed by atoms with Crippen LogP contribution in [0.3, 0.4) is 0 Å². The predicted octanol–water partition coefficient (Wildman–Crippen LogP) is 3.00. The number of benzene rings is 2. The van der Waals surface area contributed by atoms with Gasteiger partial charge >= 0.3 is 0 Å². The fraction of sp³-hybridized carbons (Fsp3) is 0.0526. The van der Waals surface area contributed by atoms with Gasteiger partial charge in [-0.1, -0.05) is 18.2 Å². The van der Waals surface area contributed by atoms with Gasteiger partial charge in [-0.25, -0.2) is 4.39 Å². The van der Waals surface area contributed by atoms with Crippen LogP contribution in [0.5, 0.6) is 0 Å². The molecule has 2 aromatic carbocycles. The molecule has 0 unspecified atom stereocenters. The lowest BCUT2D eigenvalue weighted by Crippen LogP contribution is -2.42. The Balaban J connectivity index is 1.73. The number of hydrazine groups is 1. The van der Waals surface area contributed by atoms with Crippen LogP contribution in [0, 0.1) is 12.7 Å². The minimum atomic E-state index is -0.592. The molecule has 0 fully saturated rings. The third-order valence-corrected chi connectivity index (χ3v) is 3.75. The van der Waals surface area contributed by atoms with E-state index in [1.807, 2.05) is 30.6 Å². The Kier molecular flexibility index (Phi) is 4.61. The van der Waals surface area contributed by atoms with E-state index in [4.69, 9.17) is 0 Å². The van der Waals surface area contributed by atoms with Gasteiger partial charge in [-0.3, -0.25) is 20.4 Å². The summed E-state index contributed by atoms with van der Waals surface area (Å²) in [4.78, 5) is 24.5. The van der Waals surface area contributed by atoms with Gasteiger partial charge in [-0.15, -0.1) is 0 Å². The number of halogens is 1. The maximum atomic E-state index is 13.5. The van der Waals surface area contributed by atoms with Gasteiger partial charge in [0, 0.05) is 18.0 Å². The Labute approximate surface area is 144 Å². The first-order valence-electron chi connectivity index (χ1n) is 7.65. The van der Waals surface area contributed by atoms with E-state index in [0.29, 0.717) is 16.8 Å². The van der Waals surface area contributed by atoms with Crippen LogP contribution in [0.2, 0.25) is 0 Å². The fourth-order valence-corrected chi connectivity index (χ4v) is 2.37. The Morgan fingerprint density at radius 2 is 1.60 bits per heavy atom. The maximum absolute atomic E-state index is 13.5. The van der Waals surface area contributed by atoms with Gasteiger partial charge in [0.25, 0.3) is 11.8 Å². The monoisotopic (exact) mass is 337 g/mol. The van der Waals surface area contributed by atoms with E-state index in [2.05, 4.69) is 10.9 Å². The quantitative estimate of drug-likeness (QED) is 0.722. The second-order valence-electron chi connectivity index (χ2n) is 5.48. The van der Waals surface area contributed by atoms with E-state index < -0.39 is 17.6 Å². The van der Waals surface area contributed by atoms with Crippen molar-refractivity contribution in [3.8, 4) is 5.69 Å². The lowest BCUT2D eigenvalue weighted by Gasteiger charge is -2.12. The molecule has 5 nitrogen and oxygen atoms in total. The molecule has 2 amide bonds. The number of hydrogen-bond acceptors (Lipinski definition) is 2. The molecular formula is C19H16FN3O2. The molecule has 3 aromatic rings. The summed E-state index contributed by atoms with van der Waals surface area (Å²) in [7, 11) is 0. The molecule has 0 aliphatic rings. The molecule has 0 aliphatic carbocycles. The Hall–Kier alpha value is -3.41. The SMILES string of the molecule is Cc1ccc(C(=O)NNC(=O)c2ccccc2-n2cccc2)cc1F. The van der Waals surface area contributed by atoms with E-state index in [-0.39, 0.29) is 5.56 Å². The van der Waals surface area contributed by atoms with Crippen LogP contribution in [-0.2, 0) is 0 Å². The number of nitrogens with one attached hydrogen (secondary N) is 2. The lowest BCUT2D eigenvalue weighted by atomic mass is 10.1. The number of aromatic nitrogens is 1. The maximum Gasteiger partial charge on any atom is 0.271 e. The lowest BCUT2D eigenvalue weighted by molar-refractivity contribution is 0.0846. The Morgan fingerprint density at radius 3 is 2.32 bits per heavy atom. The summed E-state index contributed by atoms with van der Waals surface area (Å²) in [5.41, 5.74) is 6.31. The molecule has 1 aromatic heterocycles. The van der Waals surface area contributed by atoms with Gasteiger partial charge in [0.1, 0.15) is 5.82 Å². The first kappa shape index (κ1) is 16.4. The molecule has 25 heavy (non-hydrogen) atoms. The van der Waals surface area contributed by atoms with Gasteiger partial charge in [0.2, 0.25) is 0 Å². The second-order valence-corrected chi connectivity index (χ2v) is 5.48. The molecule has 0 atom stereocenters. The number of amides is 2. The number of rotatable bonds is 3. The highest BCUT2D eigenvalue weighted by Crippen LogP contribution is 2.14. The highest BCUT2D eigenvalue weighted by Gasteiger charge is 2.14. The van der Waals surface area contributed by atoms with E-state index >= 15 is 0 Å². The molecule has 0 aliphatic heterocycles. The van der Waals surface area contributed by atoms with Crippen LogP contribution in [0.1, 0.15) is 26.3 Å². The average molecular weight is 337 g/mol. The van der Waals surface area contributed by atoms with Gasteiger partial charge in [-0.2, -0.15) is 0 Å². The number of nitrogens with zero attached hydrogens (tertiary/aromatic N) is 1. The van der Waals surface area contributed by atoms with E-state index in [1.54, 1.807) is 29.7 Å². The minimum Gasteiger partial charge on any atom is -0.323 e. The van der Waals surface area contributed by atoms with Crippen molar-refractivity contribution in [3.63, 3.8) is 0 Å². The van der Waals surface area contributed by atoms with E-state index in [1.165, 1.54) is 12.1 Å². The molecule has 0 spiro atoms. The molecule has 1 heterocycles. The largest absolute Gasteiger partial charge is 0.323 e. The van der Waals surface area contributed by atoms with E-state index in [9.17, 15) is 14.0 Å². The van der Waals surface area contributed by atoms with E-state index in [0.717, 1.165) is 6.07 Å². The average Bonchev–Trinajstić information content (AvgIpc) is 3.16. The smallest absolute Gasteiger partial charge is 0.271 e. The zero-order valence-corrected chi connectivity index (χ0v) is 13.5. The third kappa shape index (κ3) is 3.58. The van der Waals surface area contributed by atoms with Crippen molar-refractivity contribution in [1.29, 1.82) is 0 Å². The van der Waals surface area contributed by atoms with Gasteiger partial charge < -0.3 is 4.57 Å². The first-order chi connectivity index (χ1) is 12.1. The standard InChI is InChI=1S/C19H16FN3O2/c1-13-8-9-14(12-16(13)20)18(24)21-22-19(25)15-6-2-3-7-17(15)23-10-4-5-11-23/h2-12H,1H3,(H,21,24)(H,22,25). The Bertz CT molecular complexity index is 920. The molecule has 2 N–H and O–H groups in total. The summed E-state index contributed by atoms with van der Waals surface area (Å²) < 4.78 is 15.3. The molecule has 0 radical (unpaired) electrons. The van der Waals surface area contributed by atoms with Crippen molar-refractivity contribution in [2.24, 2.45) is 0 Å². The molecule has 3 rings (SSSR count).